The van der Waals surface area contributed by atoms with Crippen LogP contribution >= 0.6 is 7.28 Å². The van der Waals surface area contributed by atoms with Crippen molar-refractivity contribution in [1.29, 1.82) is 0 Å². The van der Waals surface area contributed by atoms with Crippen molar-refractivity contribution in [2.45, 2.75) is 162 Å². The van der Waals surface area contributed by atoms with Crippen LogP contribution in [-0.2, 0) is 6.42 Å². The molecule has 218 valence electrons. The molecule has 0 aromatic heterocycles. The summed E-state index contributed by atoms with van der Waals surface area (Å²) in [6.07, 6.45) is 27.5. The van der Waals surface area contributed by atoms with Crippen LogP contribution in [0.4, 0.5) is 0 Å². The second-order valence-electron chi connectivity index (χ2n) is 11.6. The molecular weight excluding hydrogens is 475 g/mol. The van der Waals surface area contributed by atoms with Gasteiger partial charge in [0.25, 0.3) is 0 Å². The van der Waals surface area contributed by atoms with Crippen molar-refractivity contribution in [3.8, 4) is 5.75 Å². The summed E-state index contributed by atoms with van der Waals surface area (Å²) in [4.78, 5) is 23.2. The van der Waals surface area contributed by atoms with Gasteiger partial charge in [0.1, 0.15) is 0 Å². The Kier molecular flexibility index (Phi) is 19.7. The van der Waals surface area contributed by atoms with E-state index in [0.29, 0.717) is 18.1 Å². The first-order valence-corrected chi connectivity index (χ1v) is 18.6. The molecule has 1 rings (SSSR count). The van der Waals surface area contributed by atoms with E-state index in [4.69, 9.17) is 4.52 Å². The van der Waals surface area contributed by atoms with Gasteiger partial charge in [-0.2, -0.15) is 0 Å². The normalized spacial score (nSPS) is 12.9. The van der Waals surface area contributed by atoms with Crippen molar-refractivity contribution in [3.05, 3.63) is 29.8 Å². The van der Waals surface area contributed by atoms with Crippen LogP contribution in [0.5, 0.6) is 5.75 Å². The fourth-order valence-corrected chi connectivity index (χ4v) is 7.96. The minimum absolute atomic E-state index is 0.398. The van der Waals surface area contributed by atoms with Crippen LogP contribution in [-0.4, -0.2) is 22.1 Å². The Balaban J connectivity index is 2.56. The molecule has 0 radical (unpaired) electrons. The van der Waals surface area contributed by atoms with Gasteiger partial charge in [-0.3, -0.25) is 0 Å². The Morgan fingerprint density at radius 2 is 0.838 bits per heavy atom. The molecule has 0 saturated heterocycles. The molecule has 2 N–H and O–H groups in total. The van der Waals surface area contributed by atoms with E-state index in [9.17, 15) is 9.79 Å². The van der Waals surface area contributed by atoms with E-state index >= 15 is 0 Å². The average molecular weight is 539 g/mol. The Morgan fingerprint density at radius 3 is 1.24 bits per heavy atom. The fraction of sp³-hybridized carbons (Fsp3) is 0.818. The van der Waals surface area contributed by atoms with E-state index in [2.05, 4.69) is 32.9 Å². The van der Waals surface area contributed by atoms with Gasteiger partial charge < -0.3 is 0 Å². The van der Waals surface area contributed by atoms with Gasteiger partial charge in [0, 0.05) is 0 Å². The zero-order valence-corrected chi connectivity index (χ0v) is 25.9. The summed E-state index contributed by atoms with van der Waals surface area (Å²) in [5.74, 6) is 0.622. The predicted molar refractivity (Wildman–Crippen MR) is 166 cm³/mol. The SMILES string of the molecule is CCCCCCCCCc1ccc(OP(O)(O)(CCCCCCCCC)CCCCCCCCC)cc1. The first-order chi connectivity index (χ1) is 17.9. The van der Waals surface area contributed by atoms with Crippen molar-refractivity contribution in [3.63, 3.8) is 0 Å². The van der Waals surface area contributed by atoms with Crippen molar-refractivity contribution < 1.29 is 14.3 Å². The molecule has 0 heterocycles. The van der Waals surface area contributed by atoms with E-state index in [1.54, 1.807) is 0 Å². The fourth-order valence-electron chi connectivity index (χ4n) is 5.22. The van der Waals surface area contributed by atoms with Gasteiger partial charge in [-0.05, 0) is 0 Å². The third-order valence-electron chi connectivity index (χ3n) is 7.73. The number of rotatable bonds is 26. The van der Waals surface area contributed by atoms with Crippen LogP contribution in [0.15, 0.2) is 24.3 Å². The summed E-state index contributed by atoms with van der Waals surface area (Å²) < 4.78 is 6.16. The van der Waals surface area contributed by atoms with Gasteiger partial charge in [-0.1, -0.05) is 13.3 Å². The third kappa shape index (κ3) is 18.3. The number of hydrogen-bond donors (Lipinski definition) is 2. The molecule has 3 nitrogen and oxygen atoms in total. The molecule has 0 bridgehead atoms. The van der Waals surface area contributed by atoms with Crippen LogP contribution < -0.4 is 4.52 Å². The van der Waals surface area contributed by atoms with Gasteiger partial charge in [0.2, 0.25) is 0 Å². The number of aryl methyl sites for hydroxylation is 1. The van der Waals surface area contributed by atoms with E-state index in [-0.39, 0.29) is 0 Å². The molecule has 1 aromatic rings. The molecule has 0 aliphatic carbocycles. The number of unbranched alkanes of at least 4 members (excludes halogenated alkanes) is 18. The Bertz CT molecular complexity index is 621. The van der Waals surface area contributed by atoms with Crippen LogP contribution in [0.2, 0.25) is 0 Å². The quantitative estimate of drug-likeness (QED) is 0.0910. The van der Waals surface area contributed by atoms with Crippen molar-refractivity contribution in [1.82, 2.24) is 0 Å². The molecular formula is C33H63O3P. The van der Waals surface area contributed by atoms with Crippen LogP contribution in [0, 0.1) is 0 Å². The molecule has 0 amide bonds. The molecule has 1 aromatic carbocycles. The molecule has 37 heavy (non-hydrogen) atoms. The molecule has 0 saturated carbocycles. The summed E-state index contributed by atoms with van der Waals surface area (Å²) in [5, 5.41) is 0. The van der Waals surface area contributed by atoms with Crippen LogP contribution in [0.25, 0.3) is 0 Å². The number of hydrogen-bond acceptors (Lipinski definition) is 3. The minimum atomic E-state index is -4.20. The topological polar surface area (TPSA) is 49.7 Å². The summed E-state index contributed by atoms with van der Waals surface area (Å²) in [5.41, 5.74) is 1.32. The monoisotopic (exact) mass is 538 g/mol. The second-order valence-corrected chi connectivity index (χ2v) is 15.3. The first kappa shape index (κ1) is 34.4. The molecule has 0 aliphatic rings. The first-order valence-electron chi connectivity index (χ1n) is 16.2. The molecule has 0 atom stereocenters. The Morgan fingerprint density at radius 1 is 0.486 bits per heavy atom. The van der Waals surface area contributed by atoms with Crippen molar-refractivity contribution in [2.24, 2.45) is 0 Å². The zero-order valence-electron chi connectivity index (χ0n) is 25.0. The maximum atomic E-state index is 11.6. The standard InChI is InChI=1S/C33H63O3P/c1-4-7-10-13-16-19-22-25-32-26-28-33(29-27-32)36-37(34,35,30-23-20-17-14-11-8-5-2)31-24-21-18-15-12-9-6-3/h26-29,34-35H,4-25,30-31H2,1-3H3. The molecule has 0 unspecified atom stereocenters. The summed E-state index contributed by atoms with van der Waals surface area (Å²) in [7, 11) is -4.20. The second kappa shape index (κ2) is 21.2. The number of benzene rings is 1. The van der Waals surface area contributed by atoms with Crippen molar-refractivity contribution in [2.75, 3.05) is 12.3 Å². The van der Waals surface area contributed by atoms with Gasteiger partial charge >= 0.3 is 218 Å². The van der Waals surface area contributed by atoms with Gasteiger partial charge in [0.05, 0.1) is 0 Å². The zero-order chi connectivity index (χ0) is 27.1. The van der Waals surface area contributed by atoms with Gasteiger partial charge in [-0.25, -0.2) is 0 Å². The summed E-state index contributed by atoms with van der Waals surface area (Å²) >= 11 is 0. The molecule has 0 fully saturated rings. The maximum absolute atomic E-state index is 11.6. The Hall–Kier alpha value is -0.630. The Labute approximate surface area is 231 Å². The summed E-state index contributed by atoms with van der Waals surface area (Å²) in [6, 6.07) is 8.15. The summed E-state index contributed by atoms with van der Waals surface area (Å²) in [6.45, 7) is 6.74. The van der Waals surface area contributed by atoms with E-state index in [1.807, 2.05) is 12.1 Å². The third-order valence-corrected chi connectivity index (χ3v) is 10.8. The van der Waals surface area contributed by atoms with Gasteiger partial charge in [-0.15, -0.1) is 0 Å². The average Bonchev–Trinajstić information content (AvgIpc) is 2.88. The molecule has 0 aliphatic heterocycles. The van der Waals surface area contributed by atoms with Crippen LogP contribution in [0.3, 0.4) is 0 Å². The van der Waals surface area contributed by atoms with Gasteiger partial charge in [0.15, 0.2) is 0 Å². The molecule has 4 heteroatoms. The molecule has 0 spiro atoms. The van der Waals surface area contributed by atoms with E-state index < -0.39 is 7.28 Å². The van der Waals surface area contributed by atoms with E-state index in [0.717, 1.165) is 32.1 Å². The van der Waals surface area contributed by atoms with Crippen molar-refractivity contribution >= 4 is 7.28 Å². The van der Waals surface area contributed by atoms with Crippen LogP contribution in [0.1, 0.15) is 161 Å². The predicted octanol–water partition coefficient (Wildman–Crippen LogP) is 11.1. The van der Waals surface area contributed by atoms with E-state index in [1.165, 1.54) is 115 Å².